The van der Waals surface area contributed by atoms with Crippen LogP contribution < -0.4 is 0 Å². The maximum Gasteiger partial charge on any atom is 0.159 e. The van der Waals surface area contributed by atoms with Gasteiger partial charge in [0.15, 0.2) is 11.6 Å². The average molecular weight is 301 g/mol. The van der Waals surface area contributed by atoms with E-state index in [4.69, 9.17) is 11.6 Å². The van der Waals surface area contributed by atoms with E-state index in [1.54, 1.807) is 18.2 Å². The van der Waals surface area contributed by atoms with Gasteiger partial charge in [-0.2, -0.15) is 0 Å². The highest BCUT2D eigenvalue weighted by Crippen LogP contribution is 2.15. The fraction of sp³-hybridized carbons (Fsp3) is 0.143. The topological polar surface area (TPSA) is 17.1 Å². The molecule has 0 aliphatic carbocycles. The maximum absolute atomic E-state index is 13.0. The Bertz CT molecular complexity index is 616. The minimum absolute atomic E-state index is 0.184. The molecule has 0 heterocycles. The molecular formula is C14H11ClF2OS. The first-order chi connectivity index (χ1) is 9.04. The molecule has 1 nitrogen and oxygen atoms in total. The first-order valence-corrected chi connectivity index (χ1v) is 7.44. The summed E-state index contributed by atoms with van der Waals surface area (Å²) in [4.78, 5) is 0. The molecule has 0 aromatic heterocycles. The molecule has 2 aromatic rings. The van der Waals surface area contributed by atoms with Gasteiger partial charge in [-0.05, 0) is 35.4 Å². The van der Waals surface area contributed by atoms with E-state index in [0.717, 1.165) is 17.7 Å². The monoisotopic (exact) mass is 300 g/mol. The predicted molar refractivity (Wildman–Crippen MR) is 73.4 cm³/mol. The van der Waals surface area contributed by atoms with Crippen LogP contribution in [-0.4, -0.2) is 4.21 Å². The Hall–Kier alpha value is -1.26. The molecule has 0 spiro atoms. The van der Waals surface area contributed by atoms with Crippen LogP contribution in [0.5, 0.6) is 0 Å². The van der Waals surface area contributed by atoms with Crippen molar-refractivity contribution in [1.82, 2.24) is 0 Å². The van der Waals surface area contributed by atoms with Gasteiger partial charge in [0.1, 0.15) is 0 Å². The van der Waals surface area contributed by atoms with Crippen LogP contribution in [0.1, 0.15) is 11.1 Å². The van der Waals surface area contributed by atoms with Gasteiger partial charge in [0.25, 0.3) is 0 Å². The first-order valence-electron chi connectivity index (χ1n) is 5.58. The fourth-order valence-electron chi connectivity index (χ4n) is 1.68. The fourth-order valence-corrected chi connectivity index (χ4v) is 3.10. The maximum atomic E-state index is 13.0. The van der Waals surface area contributed by atoms with Gasteiger partial charge in [-0.25, -0.2) is 8.78 Å². The number of benzene rings is 2. The summed E-state index contributed by atoms with van der Waals surface area (Å²) < 4.78 is 37.7. The highest BCUT2D eigenvalue weighted by Gasteiger charge is 2.07. The molecule has 0 N–H and O–H groups in total. The summed E-state index contributed by atoms with van der Waals surface area (Å²) in [7, 11) is -1.19. The number of halogens is 3. The largest absolute Gasteiger partial charge is 0.259 e. The summed E-state index contributed by atoms with van der Waals surface area (Å²) in [6.07, 6.45) is 0. The predicted octanol–water partition coefficient (Wildman–Crippen LogP) is 4.07. The van der Waals surface area contributed by atoms with Crippen molar-refractivity contribution in [3.05, 3.63) is 70.2 Å². The molecule has 2 aromatic carbocycles. The molecule has 0 saturated carbocycles. The Morgan fingerprint density at radius 3 is 2.26 bits per heavy atom. The van der Waals surface area contributed by atoms with Crippen molar-refractivity contribution in [1.29, 1.82) is 0 Å². The third-order valence-electron chi connectivity index (χ3n) is 2.53. The van der Waals surface area contributed by atoms with E-state index in [0.29, 0.717) is 16.3 Å². The lowest BCUT2D eigenvalue weighted by Gasteiger charge is -2.04. The molecule has 2 rings (SSSR count). The molecule has 0 amide bonds. The molecule has 5 heteroatoms. The standard InChI is InChI=1S/C14H11ClF2OS/c15-12-3-1-2-10(6-12)8-19(18)9-11-4-5-13(16)14(17)7-11/h1-7H,8-9H2. The Labute approximate surface area is 117 Å². The summed E-state index contributed by atoms with van der Waals surface area (Å²) >= 11 is 5.84. The van der Waals surface area contributed by atoms with Crippen molar-refractivity contribution in [2.75, 3.05) is 0 Å². The number of rotatable bonds is 4. The van der Waals surface area contributed by atoms with Crippen molar-refractivity contribution in [3.63, 3.8) is 0 Å². The van der Waals surface area contributed by atoms with Crippen LogP contribution in [0.25, 0.3) is 0 Å². The Morgan fingerprint density at radius 1 is 0.947 bits per heavy atom. The SMILES string of the molecule is O=S(Cc1cccc(Cl)c1)Cc1ccc(F)c(F)c1. The average Bonchev–Trinajstić information content (AvgIpc) is 2.34. The Kier molecular flexibility index (Phi) is 4.66. The molecule has 0 saturated heterocycles. The second kappa shape index (κ2) is 6.26. The zero-order chi connectivity index (χ0) is 13.8. The number of hydrogen-bond donors (Lipinski definition) is 0. The molecule has 0 fully saturated rings. The van der Waals surface area contributed by atoms with E-state index in [-0.39, 0.29) is 5.75 Å². The van der Waals surface area contributed by atoms with Gasteiger partial charge in [-0.15, -0.1) is 0 Å². The summed E-state index contributed by atoms with van der Waals surface area (Å²) in [5.41, 5.74) is 1.37. The van der Waals surface area contributed by atoms with E-state index >= 15 is 0 Å². The van der Waals surface area contributed by atoms with E-state index in [9.17, 15) is 13.0 Å². The van der Waals surface area contributed by atoms with E-state index in [1.165, 1.54) is 6.07 Å². The quantitative estimate of drug-likeness (QED) is 0.832. The lowest BCUT2D eigenvalue weighted by atomic mass is 10.2. The number of hydrogen-bond acceptors (Lipinski definition) is 1. The van der Waals surface area contributed by atoms with Crippen LogP contribution in [-0.2, 0) is 22.3 Å². The van der Waals surface area contributed by atoms with Gasteiger partial charge in [-0.3, -0.25) is 4.21 Å². The smallest absolute Gasteiger partial charge is 0.159 e. The zero-order valence-electron chi connectivity index (χ0n) is 9.91. The summed E-state index contributed by atoms with van der Waals surface area (Å²) in [5.74, 6) is -1.30. The van der Waals surface area contributed by atoms with Crippen LogP contribution in [0.3, 0.4) is 0 Å². The summed E-state index contributed by atoms with van der Waals surface area (Å²) in [5, 5.41) is 0.585. The minimum atomic E-state index is -1.19. The van der Waals surface area contributed by atoms with E-state index in [1.807, 2.05) is 6.07 Å². The molecule has 1 unspecified atom stereocenters. The molecule has 1 atom stereocenters. The lowest BCUT2D eigenvalue weighted by molar-refractivity contribution is 0.507. The lowest BCUT2D eigenvalue weighted by Crippen LogP contribution is -2.00. The Morgan fingerprint density at radius 2 is 1.63 bits per heavy atom. The van der Waals surface area contributed by atoms with Crippen LogP contribution in [0, 0.1) is 11.6 Å². The van der Waals surface area contributed by atoms with Crippen molar-refractivity contribution < 1.29 is 13.0 Å². The molecular weight excluding hydrogens is 290 g/mol. The second-order valence-electron chi connectivity index (χ2n) is 4.11. The highest BCUT2D eigenvalue weighted by molar-refractivity contribution is 7.83. The van der Waals surface area contributed by atoms with Gasteiger partial charge >= 0.3 is 0 Å². The van der Waals surface area contributed by atoms with Gasteiger partial charge in [0, 0.05) is 27.3 Å². The van der Waals surface area contributed by atoms with Crippen LogP contribution in [0.2, 0.25) is 5.02 Å². The molecule has 0 bridgehead atoms. The minimum Gasteiger partial charge on any atom is -0.259 e. The van der Waals surface area contributed by atoms with Crippen molar-refractivity contribution in [3.8, 4) is 0 Å². The zero-order valence-corrected chi connectivity index (χ0v) is 11.5. The van der Waals surface area contributed by atoms with E-state index in [2.05, 4.69) is 0 Å². The molecule has 0 aliphatic heterocycles. The third kappa shape index (κ3) is 4.11. The van der Waals surface area contributed by atoms with Crippen molar-refractivity contribution >= 4 is 22.4 Å². The van der Waals surface area contributed by atoms with Crippen molar-refractivity contribution in [2.45, 2.75) is 11.5 Å². The Balaban J connectivity index is 2.03. The molecule has 100 valence electrons. The molecule has 19 heavy (non-hydrogen) atoms. The van der Waals surface area contributed by atoms with Gasteiger partial charge in [0.2, 0.25) is 0 Å². The molecule has 0 aliphatic rings. The van der Waals surface area contributed by atoms with Crippen LogP contribution in [0.4, 0.5) is 8.78 Å². The molecule has 0 radical (unpaired) electrons. The summed E-state index contributed by atoms with van der Waals surface area (Å²) in [6.45, 7) is 0. The third-order valence-corrected chi connectivity index (χ3v) is 4.07. The van der Waals surface area contributed by atoms with Crippen molar-refractivity contribution in [2.24, 2.45) is 0 Å². The van der Waals surface area contributed by atoms with Gasteiger partial charge < -0.3 is 0 Å². The van der Waals surface area contributed by atoms with Gasteiger partial charge in [-0.1, -0.05) is 29.8 Å². The van der Waals surface area contributed by atoms with E-state index < -0.39 is 22.4 Å². The van der Waals surface area contributed by atoms with Crippen LogP contribution in [0.15, 0.2) is 42.5 Å². The van der Waals surface area contributed by atoms with Gasteiger partial charge in [0.05, 0.1) is 0 Å². The summed E-state index contributed by atoms with van der Waals surface area (Å²) in [6, 6.07) is 10.6. The van der Waals surface area contributed by atoms with Crippen LogP contribution >= 0.6 is 11.6 Å². The second-order valence-corrected chi connectivity index (χ2v) is 6.00. The highest BCUT2D eigenvalue weighted by atomic mass is 35.5. The first kappa shape index (κ1) is 14.2. The normalized spacial score (nSPS) is 12.4.